The molecule has 0 aliphatic heterocycles. The van der Waals surface area contributed by atoms with Gasteiger partial charge in [0.05, 0.1) is 7.11 Å². The molecule has 1 aromatic rings. The van der Waals surface area contributed by atoms with E-state index in [0.717, 1.165) is 5.56 Å². The summed E-state index contributed by atoms with van der Waals surface area (Å²) in [7, 11) is -1.72. The Morgan fingerprint density at radius 3 is 2.62 bits per heavy atom. The first-order valence-electron chi connectivity index (χ1n) is 4.69. The Hall–Kier alpha value is -0.590. The second-order valence-electron chi connectivity index (χ2n) is 3.31. The van der Waals surface area contributed by atoms with Gasteiger partial charge in [0, 0.05) is 11.6 Å². The van der Waals surface area contributed by atoms with E-state index in [1.165, 1.54) is 0 Å². The van der Waals surface area contributed by atoms with Crippen molar-refractivity contribution in [1.82, 2.24) is 4.72 Å². The van der Waals surface area contributed by atoms with Gasteiger partial charge < -0.3 is 4.74 Å². The minimum absolute atomic E-state index is 0.112. The van der Waals surface area contributed by atoms with E-state index >= 15 is 0 Å². The number of benzene rings is 1. The number of hydrogen-bond acceptors (Lipinski definition) is 3. The molecule has 0 bridgehead atoms. The second-order valence-corrected chi connectivity index (χ2v) is 6.36. The molecule has 0 saturated carbocycles. The van der Waals surface area contributed by atoms with Crippen LogP contribution in [0.5, 0.6) is 5.75 Å². The molecule has 0 amide bonds. The van der Waals surface area contributed by atoms with Gasteiger partial charge in [0.1, 0.15) is 10.4 Å². The first-order valence-corrected chi connectivity index (χ1v) is 7.46. The van der Waals surface area contributed by atoms with Crippen molar-refractivity contribution in [3.05, 3.63) is 29.8 Å². The predicted molar refractivity (Wildman–Crippen MR) is 67.3 cm³/mol. The SMILES string of the molecule is COc1ccccc1[C@H](C)NS(=O)(=O)CBr. The van der Waals surface area contributed by atoms with Crippen molar-refractivity contribution in [3.63, 3.8) is 0 Å². The number of halogens is 1. The van der Waals surface area contributed by atoms with Gasteiger partial charge in [0.25, 0.3) is 0 Å². The molecule has 0 aromatic heterocycles. The average Bonchev–Trinajstić information content (AvgIpc) is 2.28. The molecule has 0 unspecified atom stereocenters. The summed E-state index contributed by atoms with van der Waals surface area (Å²) in [5.74, 6) is 0.673. The number of rotatable bonds is 5. The molecule has 0 aliphatic rings. The van der Waals surface area contributed by atoms with Gasteiger partial charge in [-0.2, -0.15) is 0 Å². The lowest BCUT2D eigenvalue weighted by molar-refractivity contribution is 0.405. The van der Waals surface area contributed by atoms with Crippen molar-refractivity contribution in [3.8, 4) is 5.75 Å². The first kappa shape index (κ1) is 13.5. The largest absolute Gasteiger partial charge is 0.496 e. The monoisotopic (exact) mass is 307 g/mol. The Morgan fingerprint density at radius 1 is 1.44 bits per heavy atom. The zero-order valence-electron chi connectivity index (χ0n) is 9.10. The third-order valence-electron chi connectivity index (χ3n) is 2.11. The van der Waals surface area contributed by atoms with Gasteiger partial charge in [-0.3, -0.25) is 0 Å². The van der Waals surface area contributed by atoms with E-state index in [-0.39, 0.29) is 10.7 Å². The third kappa shape index (κ3) is 3.47. The molecule has 1 atom stereocenters. The van der Waals surface area contributed by atoms with E-state index in [4.69, 9.17) is 4.74 Å². The zero-order chi connectivity index (χ0) is 12.2. The maximum absolute atomic E-state index is 11.4. The van der Waals surface area contributed by atoms with Gasteiger partial charge >= 0.3 is 0 Å². The normalized spacial score (nSPS) is 13.4. The molecule has 1 rings (SSSR count). The van der Waals surface area contributed by atoms with E-state index in [0.29, 0.717) is 5.75 Å². The van der Waals surface area contributed by atoms with Gasteiger partial charge in [-0.1, -0.05) is 34.1 Å². The number of nitrogens with one attached hydrogen (secondary N) is 1. The zero-order valence-corrected chi connectivity index (χ0v) is 11.5. The highest BCUT2D eigenvalue weighted by Gasteiger charge is 2.16. The Morgan fingerprint density at radius 2 is 2.06 bits per heavy atom. The van der Waals surface area contributed by atoms with Crippen LogP contribution >= 0.6 is 15.9 Å². The van der Waals surface area contributed by atoms with E-state index in [1.54, 1.807) is 20.1 Å². The Kier molecular flexibility index (Phi) is 4.76. The highest BCUT2D eigenvalue weighted by molar-refractivity contribution is 9.10. The molecule has 0 radical (unpaired) electrons. The van der Waals surface area contributed by atoms with E-state index in [2.05, 4.69) is 20.7 Å². The van der Waals surface area contributed by atoms with Crippen LogP contribution in [0.3, 0.4) is 0 Å². The second kappa shape index (κ2) is 5.65. The summed E-state index contributed by atoms with van der Waals surface area (Å²) in [6.45, 7) is 1.78. The van der Waals surface area contributed by atoms with E-state index in [9.17, 15) is 8.42 Å². The topological polar surface area (TPSA) is 55.4 Å². The number of alkyl halides is 1. The standard InChI is InChI=1S/C10H14BrNO3S/c1-8(12-16(13,14)7-11)9-5-3-4-6-10(9)15-2/h3-6,8,12H,7H2,1-2H3/t8-/m0/s1. The molecule has 0 fully saturated rings. The lowest BCUT2D eigenvalue weighted by atomic mass is 10.1. The molecule has 16 heavy (non-hydrogen) atoms. The van der Waals surface area contributed by atoms with Gasteiger partial charge in [-0.25, -0.2) is 13.1 Å². The minimum atomic E-state index is -3.28. The van der Waals surface area contributed by atoms with Crippen molar-refractivity contribution < 1.29 is 13.2 Å². The minimum Gasteiger partial charge on any atom is -0.496 e. The van der Waals surface area contributed by atoms with Crippen LogP contribution in [0.4, 0.5) is 0 Å². The molecule has 0 saturated heterocycles. The summed E-state index contributed by atoms with van der Waals surface area (Å²) in [5.41, 5.74) is 0.814. The van der Waals surface area contributed by atoms with Crippen molar-refractivity contribution in [1.29, 1.82) is 0 Å². The quantitative estimate of drug-likeness (QED) is 0.847. The highest BCUT2D eigenvalue weighted by atomic mass is 79.9. The summed E-state index contributed by atoms with van der Waals surface area (Å²) >= 11 is 2.93. The number of ether oxygens (including phenoxy) is 1. The van der Waals surface area contributed by atoms with Crippen LogP contribution in [0.15, 0.2) is 24.3 Å². The van der Waals surface area contributed by atoms with Crippen molar-refractivity contribution in [2.45, 2.75) is 13.0 Å². The lowest BCUT2D eigenvalue weighted by Gasteiger charge is -2.16. The Labute approximate surface area is 104 Å². The summed E-state index contributed by atoms with van der Waals surface area (Å²) in [6.07, 6.45) is 0. The first-order chi connectivity index (χ1) is 7.50. The van der Waals surface area contributed by atoms with Crippen molar-refractivity contribution >= 4 is 26.0 Å². The van der Waals surface area contributed by atoms with Crippen LogP contribution in [0.25, 0.3) is 0 Å². The van der Waals surface area contributed by atoms with Crippen LogP contribution in [-0.4, -0.2) is 20.2 Å². The molecule has 1 aromatic carbocycles. The maximum Gasteiger partial charge on any atom is 0.222 e. The maximum atomic E-state index is 11.4. The van der Waals surface area contributed by atoms with Crippen LogP contribution in [0, 0.1) is 0 Å². The molecule has 0 heterocycles. The molecular formula is C10H14BrNO3S. The summed E-state index contributed by atoms with van der Waals surface area (Å²) in [5, 5.41) is 0. The van der Waals surface area contributed by atoms with Crippen LogP contribution in [-0.2, 0) is 10.0 Å². The fourth-order valence-electron chi connectivity index (χ4n) is 1.39. The summed E-state index contributed by atoms with van der Waals surface area (Å²) < 4.78 is 30.4. The lowest BCUT2D eigenvalue weighted by Crippen LogP contribution is -2.27. The number of methoxy groups -OCH3 is 1. The fraction of sp³-hybridized carbons (Fsp3) is 0.400. The average molecular weight is 308 g/mol. The number of hydrogen-bond donors (Lipinski definition) is 1. The molecule has 1 N–H and O–H groups in total. The third-order valence-corrected chi connectivity index (χ3v) is 4.91. The summed E-state index contributed by atoms with van der Waals surface area (Å²) in [6, 6.07) is 7.00. The number of para-hydroxylation sites is 1. The van der Waals surface area contributed by atoms with Crippen LogP contribution in [0.1, 0.15) is 18.5 Å². The molecular weight excluding hydrogens is 294 g/mol. The van der Waals surface area contributed by atoms with Gasteiger partial charge in [-0.15, -0.1) is 0 Å². The van der Waals surface area contributed by atoms with Crippen molar-refractivity contribution in [2.24, 2.45) is 0 Å². The molecule has 90 valence electrons. The van der Waals surface area contributed by atoms with Gasteiger partial charge in [0.2, 0.25) is 10.0 Å². The smallest absolute Gasteiger partial charge is 0.222 e. The van der Waals surface area contributed by atoms with Gasteiger partial charge in [0.15, 0.2) is 0 Å². The van der Waals surface area contributed by atoms with E-state index < -0.39 is 10.0 Å². The molecule has 0 aliphatic carbocycles. The van der Waals surface area contributed by atoms with Crippen molar-refractivity contribution in [2.75, 3.05) is 11.8 Å². The van der Waals surface area contributed by atoms with E-state index in [1.807, 2.05) is 18.2 Å². The van der Waals surface area contributed by atoms with Gasteiger partial charge in [-0.05, 0) is 13.0 Å². The van der Waals surface area contributed by atoms with Crippen LogP contribution < -0.4 is 9.46 Å². The summed E-state index contributed by atoms with van der Waals surface area (Å²) in [4.78, 5) is 0. The molecule has 4 nitrogen and oxygen atoms in total. The fourth-order valence-corrected chi connectivity index (χ4v) is 2.51. The highest BCUT2D eigenvalue weighted by Crippen LogP contribution is 2.24. The number of sulfonamides is 1. The Balaban J connectivity index is 2.92. The molecule has 6 heteroatoms. The predicted octanol–water partition coefficient (Wildman–Crippen LogP) is 2.03. The Bertz CT molecular complexity index is 447. The van der Waals surface area contributed by atoms with Crippen LogP contribution in [0.2, 0.25) is 0 Å². The molecule has 0 spiro atoms.